The standard InChI is InChI=1S/C21H25N3O9/c1-11(2)9-32-20(26)17-12(3)22-13(4)18(21(27)33-10-16(25)24(30)31)19(17)14-7-5-6-8-15(14)23(28)29/h5-8,11,16-17,19,25H,9-10H2,1-4H3. The van der Waals surface area contributed by atoms with Crippen molar-refractivity contribution in [2.75, 3.05) is 13.2 Å². The zero-order valence-electron chi connectivity index (χ0n) is 18.6. The van der Waals surface area contributed by atoms with Gasteiger partial charge in [-0.1, -0.05) is 32.0 Å². The Hall–Kier alpha value is -3.67. The third kappa shape index (κ3) is 5.98. The molecule has 1 aliphatic rings. The van der Waals surface area contributed by atoms with Crippen molar-refractivity contribution < 1.29 is 34.0 Å². The lowest BCUT2D eigenvalue weighted by molar-refractivity contribution is -0.572. The number of ether oxygens (including phenoxy) is 2. The molecule has 1 aromatic carbocycles. The van der Waals surface area contributed by atoms with Gasteiger partial charge in [-0.2, -0.15) is 0 Å². The highest BCUT2D eigenvalue weighted by Gasteiger charge is 2.45. The first-order chi connectivity index (χ1) is 15.5. The summed E-state index contributed by atoms with van der Waals surface area (Å²) in [5.74, 6) is -4.16. The fourth-order valence-electron chi connectivity index (χ4n) is 3.49. The van der Waals surface area contributed by atoms with E-state index in [0.29, 0.717) is 0 Å². The lowest BCUT2D eigenvalue weighted by Gasteiger charge is -2.31. The molecule has 0 aromatic heterocycles. The number of nitro benzene ring substituents is 1. The lowest BCUT2D eigenvalue weighted by atomic mass is 9.75. The quantitative estimate of drug-likeness (QED) is 0.250. The van der Waals surface area contributed by atoms with Crippen LogP contribution in [0.4, 0.5) is 5.69 Å². The second-order valence-electron chi connectivity index (χ2n) is 7.91. The summed E-state index contributed by atoms with van der Waals surface area (Å²) in [4.78, 5) is 50.9. The minimum absolute atomic E-state index is 0.0182. The molecule has 0 bridgehead atoms. The number of benzene rings is 1. The molecule has 178 valence electrons. The van der Waals surface area contributed by atoms with Crippen molar-refractivity contribution in [1.82, 2.24) is 0 Å². The molecule has 1 aliphatic heterocycles. The first kappa shape index (κ1) is 25.6. The van der Waals surface area contributed by atoms with Gasteiger partial charge in [0, 0.05) is 29.0 Å². The number of para-hydroxylation sites is 1. The van der Waals surface area contributed by atoms with Crippen LogP contribution < -0.4 is 0 Å². The lowest BCUT2D eigenvalue weighted by Crippen LogP contribution is -2.38. The maximum Gasteiger partial charge on any atom is 0.347 e. The van der Waals surface area contributed by atoms with E-state index in [4.69, 9.17) is 9.47 Å². The van der Waals surface area contributed by atoms with E-state index < -0.39 is 46.5 Å². The first-order valence-electron chi connectivity index (χ1n) is 10.1. The van der Waals surface area contributed by atoms with Crippen LogP contribution in [0.3, 0.4) is 0 Å². The van der Waals surface area contributed by atoms with Crippen LogP contribution in [0.1, 0.15) is 39.2 Å². The smallest absolute Gasteiger partial charge is 0.347 e. The Morgan fingerprint density at radius 1 is 1.12 bits per heavy atom. The molecule has 12 nitrogen and oxygen atoms in total. The predicted octanol–water partition coefficient (Wildman–Crippen LogP) is 2.38. The number of nitro groups is 2. The summed E-state index contributed by atoms with van der Waals surface area (Å²) in [5.41, 5.74) is -0.0426. The second kappa shape index (κ2) is 10.8. The zero-order valence-corrected chi connectivity index (χ0v) is 18.6. The van der Waals surface area contributed by atoms with Crippen LogP contribution in [0.5, 0.6) is 0 Å². The van der Waals surface area contributed by atoms with Gasteiger partial charge < -0.3 is 14.6 Å². The Morgan fingerprint density at radius 2 is 1.76 bits per heavy atom. The Balaban J connectivity index is 2.60. The molecule has 0 saturated carbocycles. The van der Waals surface area contributed by atoms with Crippen molar-refractivity contribution in [3.8, 4) is 0 Å². The van der Waals surface area contributed by atoms with E-state index in [9.17, 15) is 34.9 Å². The van der Waals surface area contributed by atoms with Crippen molar-refractivity contribution in [3.05, 3.63) is 61.3 Å². The topological polar surface area (TPSA) is 171 Å². The molecule has 0 spiro atoms. The molecule has 12 heteroatoms. The third-order valence-electron chi connectivity index (χ3n) is 4.94. The van der Waals surface area contributed by atoms with Gasteiger partial charge in [-0.15, -0.1) is 0 Å². The van der Waals surface area contributed by atoms with Gasteiger partial charge in [-0.05, 0) is 19.8 Å². The molecule has 1 N–H and O–H groups in total. The van der Waals surface area contributed by atoms with Crippen LogP contribution in [0.25, 0.3) is 0 Å². The molecule has 0 saturated heterocycles. The molecule has 1 heterocycles. The van der Waals surface area contributed by atoms with Gasteiger partial charge in [0.05, 0.1) is 22.0 Å². The number of aliphatic hydroxyl groups is 1. The average Bonchev–Trinajstić information content (AvgIpc) is 2.74. The van der Waals surface area contributed by atoms with Crippen LogP contribution in [0.15, 0.2) is 40.5 Å². The first-order valence-corrected chi connectivity index (χ1v) is 10.1. The molecule has 33 heavy (non-hydrogen) atoms. The largest absolute Gasteiger partial charge is 0.465 e. The van der Waals surface area contributed by atoms with Crippen molar-refractivity contribution in [2.24, 2.45) is 16.8 Å². The molecule has 1 aromatic rings. The normalized spacial score (nSPS) is 19.0. The average molecular weight is 463 g/mol. The fraction of sp³-hybridized carbons (Fsp3) is 0.476. The highest BCUT2D eigenvalue weighted by Crippen LogP contribution is 2.43. The number of hydrogen-bond donors (Lipinski definition) is 1. The van der Waals surface area contributed by atoms with Crippen LogP contribution in [0, 0.1) is 32.1 Å². The monoisotopic (exact) mass is 463 g/mol. The molecule has 0 amide bonds. The number of aliphatic hydroxyl groups excluding tert-OH is 1. The number of aliphatic imine (C=N–C) groups is 1. The van der Waals surface area contributed by atoms with Crippen LogP contribution in [-0.2, 0) is 19.1 Å². The van der Waals surface area contributed by atoms with Gasteiger partial charge >= 0.3 is 18.2 Å². The molecule has 2 rings (SSSR count). The highest BCUT2D eigenvalue weighted by molar-refractivity contribution is 6.07. The van der Waals surface area contributed by atoms with Gasteiger partial charge in [-0.25, -0.2) is 4.79 Å². The number of carbonyl (C=O) groups is 2. The second-order valence-corrected chi connectivity index (χ2v) is 7.91. The number of nitrogens with zero attached hydrogens (tertiary/aromatic N) is 3. The number of allylic oxidation sites excluding steroid dienone is 1. The maximum absolute atomic E-state index is 13.0. The molecular weight excluding hydrogens is 438 g/mol. The molecule has 0 aliphatic carbocycles. The number of carbonyl (C=O) groups excluding carboxylic acids is 2. The molecular formula is C21H25N3O9. The summed E-state index contributed by atoms with van der Waals surface area (Å²) in [5, 5.41) is 31.7. The maximum atomic E-state index is 13.0. The molecule has 3 atom stereocenters. The fourth-order valence-corrected chi connectivity index (χ4v) is 3.49. The van der Waals surface area contributed by atoms with E-state index in [2.05, 4.69) is 4.99 Å². The summed E-state index contributed by atoms with van der Waals surface area (Å²) in [6.07, 6.45) is -2.15. The summed E-state index contributed by atoms with van der Waals surface area (Å²) in [6.45, 7) is 5.82. The van der Waals surface area contributed by atoms with E-state index in [1.807, 2.05) is 13.8 Å². The Kier molecular flexibility index (Phi) is 8.35. The SMILES string of the molecule is CC1=NC(C)=C(C(=O)OCC(O)[N+](=O)[O-])C(c2ccccc2[N+](=O)[O-])C1C(=O)OCC(C)C. The van der Waals surface area contributed by atoms with E-state index in [-0.39, 0.29) is 40.8 Å². The van der Waals surface area contributed by atoms with Crippen LogP contribution in [-0.4, -0.2) is 52.0 Å². The minimum Gasteiger partial charge on any atom is -0.465 e. The van der Waals surface area contributed by atoms with E-state index in [1.165, 1.54) is 31.2 Å². The van der Waals surface area contributed by atoms with Gasteiger partial charge in [-0.3, -0.25) is 30.0 Å². The number of rotatable bonds is 9. The van der Waals surface area contributed by atoms with Gasteiger partial charge in [0.2, 0.25) is 0 Å². The molecule has 0 fully saturated rings. The van der Waals surface area contributed by atoms with Crippen LogP contribution >= 0.6 is 0 Å². The van der Waals surface area contributed by atoms with E-state index >= 15 is 0 Å². The number of hydrogen-bond acceptors (Lipinski definition) is 10. The number of esters is 2. The highest BCUT2D eigenvalue weighted by atomic mass is 16.7. The Bertz CT molecular complexity index is 1020. The summed E-state index contributed by atoms with van der Waals surface area (Å²) < 4.78 is 10.3. The van der Waals surface area contributed by atoms with Crippen LogP contribution in [0.2, 0.25) is 0 Å². The van der Waals surface area contributed by atoms with Crippen molar-refractivity contribution in [1.29, 1.82) is 0 Å². The Labute approximate surface area is 189 Å². The Morgan fingerprint density at radius 3 is 2.33 bits per heavy atom. The van der Waals surface area contributed by atoms with Crippen molar-refractivity contribution >= 4 is 23.3 Å². The summed E-state index contributed by atoms with van der Waals surface area (Å²) >= 11 is 0. The predicted molar refractivity (Wildman–Crippen MR) is 115 cm³/mol. The van der Waals surface area contributed by atoms with Gasteiger partial charge in [0.25, 0.3) is 5.69 Å². The summed E-state index contributed by atoms with van der Waals surface area (Å²) in [6, 6.07) is 5.62. The minimum atomic E-state index is -2.15. The van der Waals surface area contributed by atoms with E-state index in [1.54, 1.807) is 6.92 Å². The summed E-state index contributed by atoms with van der Waals surface area (Å²) in [7, 11) is 0. The van der Waals surface area contributed by atoms with Gasteiger partial charge in [0.1, 0.15) is 5.92 Å². The van der Waals surface area contributed by atoms with Crippen molar-refractivity contribution in [2.45, 2.75) is 39.8 Å². The van der Waals surface area contributed by atoms with E-state index in [0.717, 1.165) is 0 Å². The zero-order chi connectivity index (χ0) is 24.9. The molecule has 0 radical (unpaired) electrons. The van der Waals surface area contributed by atoms with Crippen molar-refractivity contribution in [3.63, 3.8) is 0 Å². The van der Waals surface area contributed by atoms with Gasteiger partial charge in [0.15, 0.2) is 6.61 Å². The molecule has 3 unspecified atom stereocenters. The third-order valence-corrected chi connectivity index (χ3v) is 4.94.